The van der Waals surface area contributed by atoms with Crippen molar-refractivity contribution in [1.82, 2.24) is 4.72 Å². The van der Waals surface area contributed by atoms with Crippen molar-refractivity contribution in [3.63, 3.8) is 0 Å². The number of aliphatic hydroxyl groups excluding tert-OH is 1. The van der Waals surface area contributed by atoms with Crippen LogP contribution < -0.4 is 4.72 Å². The highest BCUT2D eigenvalue weighted by Gasteiger charge is 2.15. The second-order valence-electron chi connectivity index (χ2n) is 3.97. The Bertz CT molecular complexity index is 539. The molecule has 2 N–H and O–H groups in total. The van der Waals surface area contributed by atoms with Crippen LogP contribution in [-0.2, 0) is 19.6 Å². The lowest BCUT2D eigenvalue weighted by Crippen LogP contribution is -2.26. The average molecular weight is 287 g/mol. The standard InChI is InChI=1S/C12H17NO5S/c1-9(14)10-4-3-5-11(8-10)19(16,17)13-7-6-12(15)18-2/h3-5,8-9,13-14H,6-7H2,1-2H3. The SMILES string of the molecule is COC(=O)CCNS(=O)(=O)c1cccc(C(C)O)c1. The predicted octanol–water partition coefficient (Wildman–Crippen LogP) is 0.581. The first-order valence-corrected chi connectivity index (χ1v) is 7.19. The van der Waals surface area contributed by atoms with E-state index in [4.69, 9.17) is 0 Å². The van der Waals surface area contributed by atoms with Crippen LogP contribution >= 0.6 is 0 Å². The van der Waals surface area contributed by atoms with Crippen LogP contribution in [0.25, 0.3) is 0 Å². The van der Waals surface area contributed by atoms with Crippen LogP contribution in [0.1, 0.15) is 25.0 Å². The van der Waals surface area contributed by atoms with E-state index in [2.05, 4.69) is 9.46 Å². The Labute approximate surface area is 112 Å². The third-order valence-corrected chi connectivity index (χ3v) is 3.96. The van der Waals surface area contributed by atoms with Crippen molar-refractivity contribution in [2.75, 3.05) is 13.7 Å². The van der Waals surface area contributed by atoms with E-state index < -0.39 is 22.1 Å². The Morgan fingerprint density at radius 3 is 2.74 bits per heavy atom. The van der Waals surface area contributed by atoms with Crippen LogP contribution in [0, 0.1) is 0 Å². The van der Waals surface area contributed by atoms with Gasteiger partial charge in [0.15, 0.2) is 0 Å². The Morgan fingerprint density at radius 2 is 2.16 bits per heavy atom. The molecule has 19 heavy (non-hydrogen) atoms. The first-order valence-electron chi connectivity index (χ1n) is 5.71. The number of benzene rings is 1. The highest BCUT2D eigenvalue weighted by Crippen LogP contribution is 2.16. The Balaban J connectivity index is 2.77. The van der Waals surface area contributed by atoms with E-state index in [1.807, 2.05) is 0 Å². The van der Waals surface area contributed by atoms with Crippen LogP contribution in [0.2, 0.25) is 0 Å². The van der Waals surface area contributed by atoms with Gasteiger partial charge in [-0.25, -0.2) is 13.1 Å². The van der Waals surface area contributed by atoms with Gasteiger partial charge in [-0.2, -0.15) is 0 Å². The quantitative estimate of drug-likeness (QED) is 0.747. The lowest BCUT2D eigenvalue weighted by Gasteiger charge is -2.09. The van der Waals surface area contributed by atoms with E-state index in [1.165, 1.54) is 19.2 Å². The highest BCUT2D eigenvalue weighted by molar-refractivity contribution is 7.89. The third kappa shape index (κ3) is 4.62. The summed E-state index contributed by atoms with van der Waals surface area (Å²) in [4.78, 5) is 10.9. The molecule has 0 saturated carbocycles. The van der Waals surface area contributed by atoms with E-state index in [0.717, 1.165) is 0 Å². The summed E-state index contributed by atoms with van der Waals surface area (Å²) in [6.45, 7) is 1.52. The number of sulfonamides is 1. The molecule has 0 aliphatic heterocycles. The summed E-state index contributed by atoms with van der Waals surface area (Å²) in [5.41, 5.74) is 0.510. The largest absolute Gasteiger partial charge is 0.469 e. The number of carbonyl (C=O) groups excluding carboxylic acids is 1. The normalized spacial score (nSPS) is 13.0. The van der Waals surface area contributed by atoms with E-state index >= 15 is 0 Å². The maximum absolute atomic E-state index is 11.9. The molecule has 0 amide bonds. The zero-order chi connectivity index (χ0) is 14.5. The predicted molar refractivity (Wildman–Crippen MR) is 68.9 cm³/mol. The van der Waals surface area contributed by atoms with Crippen LogP contribution in [0.4, 0.5) is 0 Å². The number of carbonyl (C=O) groups is 1. The van der Waals surface area contributed by atoms with Crippen molar-refractivity contribution in [3.05, 3.63) is 29.8 Å². The lowest BCUT2D eigenvalue weighted by atomic mass is 10.1. The van der Waals surface area contributed by atoms with Gasteiger partial charge in [0.1, 0.15) is 0 Å². The number of rotatable bonds is 6. The number of hydrogen-bond acceptors (Lipinski definition) is 5. The summed E-state index contributed by atoms with van der Waals surface area (Å²) in [6.07, 6.45) is -0.781. The zero-order valence-electron chi connectivity index (χ0n) is 10.8. The Kier molecular flexibility index (Phi) is 5.46. The highest BCUT2D eigenvalue weighted by atomic mass is 32.2. The summed E-state index contributed by atoms with van der Waals surface area (Å²) >= 11 is 0. The number of ether oxygens (including phenoxy) is 1. The molecule has 0 bridgehead atoms. The smallest absolute Gasteiger partial charge is 0.306 e. The van der Waals surface area contributed by atoms with Gasteiger partial charge in [-0.15, -0.1) is 0 Å². The summed E-state index contributed by atoms with van der Waals surface area (Å²) in [6, 6.07) is 6.01. The first kappa shape index (κ1) is 15.6. The van der Waals surface area contributed by atoms with Gasteiger partial charge in [0.25, 0.3) is 0 Å². The van der Waals surface area contributed by atoms with Crippen molar-refractivity contribution in [1.29, 1.82) is 0 Å². The molecule has 0 aliphatic rings. The lowest BCUT2D eigenvalue weighted by molar-refractivity contribution is -0.140. The van der Waals surface area contributed by atoms with Gasteiger partial charge in [0, 0.05) is 6.54 Å². The minimum Gasteiger partial charge on any atom is -0.469 e. The van der Waals surface area contributed by atoms with E-state index in [-0.39, 0.29) is 17.9 Å². The van der Waals surface area contributed by atoms with Crippen LogP contribution in [-0.4, -0.2) is 33.1 Å². The fourth-order valence-corrected chi connectivity index (χ4v) is 2.50. The zero-order valence-corrected chi connectivity index (χ0v) is 11.6. The number of hydrogen-bond donors (Lipinski definition) is 2. The molecule has 0 saturated heterocycles. The molecular formula is C12H17NO5S. The molecule has 0 spiro atoms. The second-order valence-corrected chi connectivity index (χ2v) is 5.74. The maximum Gasteiger partial charge on any atom is 0.306 e. The van der Waals surface area contributed by atoms with Crippen LogP contribution in [0.15, 0.2) is 29.2 Å². The molecular weight excluding hydrogens is 270 g/mol. The number of esters is 1. The molecule has 106 valence electrons. The van der Waals surface area contributed by atoms with Gasteiger partial charge in [0.2, 0.25) is 10.0 Å². The van der Waals surface area contributed by atoms with E-state index in [1.54, 1.807) is 19.1 Å². The fourth-order valence-electron chi connectivity index (χ4n) is 1.41. The van der Waals surface area contributed by atoms with Crippen LogP contribution in [0.3, 0.4) is 0 Å². The summed E-state index contributed by atoms with van der Waals surface area (Å²) in [5.74, 6) is -0.486. The molecule has 6 nitrogen and oxygen atoms in total. The van der Waals surface area contributed by atoms with Gasteiger partial charge in [-0.3, -0.25) is 4.79 Å². The summed E-state index contributed by atoms with van der Waals surface area (Å²) in [7, 11) is -2.45. The first-order chi connectivity index (χ1) is 8.86. The molecule has 0 heterocycles. The number of aliphatic hydroxyl groups is 1. The molecule has 1 rings (SSSR count). The topological polar surface area (TPSA) is 92.7 Å². The van der Waals surface area contributed by atoms with E-state index in [0.29, 0.717) is 5.56 Å². The fraction of sp³-hybridized carbons (Fsp3) is 0.417. The summed E-state index contributed by atoms with van der Waals surface area (Å²) in [5, 5.41) is 9.42. The Morgan fingerprint density at radius 1 is 1.47 bits per heavy atom. The van der Waals surface area contributed by atoms with Crippen molar-refractivity contribution < 1.29 is 23.1 Å². The molecule has 0 aromatic heterocycles. The maximum atomic E-state index is 11.9. The average Bonchev–Trinajstić information content (AvgIpc) is 2.38. The number of methoxy groups -OCH3 is 1. The summed E-state index contributed by atoms with van der Waals surface area (Å²) < 4.78 is 30.6. The molecule has 0 aliphatic carbocycles. The van der Waals surface area contributed by atoms with E-state index in [9.17, 15) is 18.3 Å². The van der Waals surface area contributed by atoms with Crippen molar-refractivity contribution in [3.8, 4) is 0 Å². The van der Waals surface area contributed by atoms with Crippen molar-refractivity contribution in [2.24, 2.45) is 0 Å². The number of nitrogens with one attached hydrogen (secondary N) is 1. The Hall–Kier alpha value is -1.44. The second kappa shape index (κ2) is 6.65. The van der Waals surface area contributed by atoms with Crippen LogP contribution in [0.5, 0.6) is 0 Å². The molecule has 1 atom stereocenters. The van der Waals surface area contributed by atoms with Gasteiger partial charge >= 0.3 is 5.97 Å². The third-order valence-electron chi connectivity index (χ3n) is 2.50. The molecule has 7 heteroatoms. The van der Waals surface area contributed by atoms with Gasteiger partial charge < -0.3 is 9.84 Å². The van der Waals surface area contributed by atoms with Gasteiger partial charge in [-0.1, -0.05) is 12.1 Å². The van der Waals surface area contributed by atoms with Gasteiger partial charge in [0.05, 0.1) is 24.5 Å². The molecule has 1 unspecified atom stereocenters. The minimum atomic E-state index is -3.69. The molecule has 1 aromatic carbocycles. The minimum absolute atomic E-state index is 0.0338. The molecule has 0 radical (unpaired) electrons. The molecule has 0 fully saturated rings. The molecule has 1 aromatic rings. The monoisotopic (exact) mass is 287 g/mol. The van der Waals surface area contributed by atoms with Crippen molar-refractivity contribution >= 4 is 16.0 Å². The van der Waals surface area contributed by atoms with Gasteiger partial charge in [-0.05, 0) is 24.6 Å². The van der Waals surface area contributed by atoms with Crippen molar-refractivity contribution in [2.45, 2.75) is 24.3 Å².